The molecular formula is C18H14BrN5OS. The Labute approximate surface area is 163 Å². The zero-order valence-corrected chi connectivity index (χ0v) is 15.9. The minimum Gasteiger partial charge on any atom is -0.488 e. The Kier molecular flexibility index (Phi) is 5.84. The van der Waals surface area contributed by atoms with E-state index >= 15 is 0 Å². The van der Waals surface area contributed by atoms with Crippen LogP contribution in [-0.2, 0) is 6.61 Å². The van der Waals surface area contributed by atoms with Crippen molar-refractivity contribution in [1.29, 1.82) is 5.26 Å². The number of nitriles is 1. The lowest BCUT2D eigenvalue weighted by molar-refractivity contribution is 0.304. The average molecular weight is 428 g/mol. The molecule has 3 aromatic rings. The number of thiazole rings is 1. The second-order valence-corrected chi connectivity index (χ2v) is 6.91. The summed E-state index contributed by atoms with van der Waals surface area (Å²) < 4.78 is 6.62. The van der Waals surface area contributed by atoms with Gasteiger partial charge in [-0.15, -0.1) is 11.3 Å². The number of hydrazone groups is 1. The molecule has 26 heavy (non-hydrogen) atoms. The van der Waals surface area contributed by atoms with Gasteiger partial charge in [0.1, 0.15) is 18.2 Å². The molecule has 0 radical (unpaired) electrons. The second-order valence-electron chi connectivity index (χ2n) is 5.20. The molecule has 0 aliphatic carbocycles. The number of hydrogen-bond acceptors (Lipinski definition) is 7. The van der Waals surface area contributed by atoms with E-state index in [4.69, 9.17) is 15.7 Å². The molecule has 2 aromatic carbocycles. The molecular weight excluding hydrogens is 414 g/mol. The van der Waals surface area contributed by atoms with Gasteiger partial charge in [0.05, 0.1) is 22.3 Å². The van der Waals surface area contributed by atoms with Crippen molar-refractivity contribution in [2.24, 2.45) is 5.10 Å². The molecule has 6 nitrogen and oxygen atoms in total. The summed E-state index contributed by atoms with van der Waals surface area (Å²) in [7, 11) is 0. The highest BCUT2D eigenvalue weighted by molar-refractivity contribution is 9.10. The van der Waals surface area contributed by atoms with Crippen LogP contribution in [0.2, 0.25) is 0 Å². The van der Waals surface area contributed by atoms with E-state index in [1.54, 1.807) is 17.7 Å². The van der Waals surface area contributed by atoms with Crippen LogP contribution in [0.3, 0.4) is 0 Å². The van der Waals surface area contributed by atoms with E-state index in [0.29, 0.717) is 28.9 Å². The topological polar surface area (TPSA) is 96.3 Å². The van der Waals surface area contributed by atoms with Crippen molar-refractivity contribution in [2.45, 2.75) is 6.61 Å². The van der Waals surface area contributed by atoms with Crippen molar-refractivity contribution < 1.29 is 4.74 Å². The Hall–Kier alpha value is -2.89. The summed E-state index contributed by atoms with van der Waals surface area (Å²) in [5, 5.41) is 15.6. The van der Waals surface area contributed by atoms with Gasteiger partial charge in [-0.1, -0.05) is 18.2 Å². The first-order valence-corrected chi connectivity index (χ1v) is 9.23. The molecule has 0 aliphatic heterocycles. The number of nitrogen functional groups attached to an aromatic ring is 1. The summed E-state index contributed by atoms with van der Waals surface area (Å²) in [5.41, 5.74) is 10.7. The van der Waals surface area contributed by atoms with E-state index in [1.165, 1.54) is 11.3 Å². The van der Waals surface area contributed by atoms with Crippen LogP contribution in [-0.4, -0.2) is 11.2 Å². The van der Waals surface area contributed by atoms with Crippen molar-refractivity contribution in [1.82, 2.24) is 4.98 Å². The predicted octanol–water partition coefficient (Wildman–Crippen LogP) is 4.38. The molecule has 0 spiro atoms. The van der Waals surface area contributed by atoms with Crippen molar-refractivity contribution in [2.75, 3.05) is 11.2 Å². The normalized spacial score (nSPS) is 10.6. The maximum atomic E-state index is 9.13. The molecule has 0 atom stereocenters. The van der Waals surface area contributed by atoms with E-state index in [9.17, 15) is 0 Å². The van der Waals surface area contributed by atoms with Gasteiger partial charge in [-0.3, -0.25) is 5.43 Å². The smallest absolute Gasteiger partial charge is 0.205 e. The number of hydrogen-bond donors (Lipinski definition) is 2. The molecule has 0 bridgehead atoms. The van der Waals surface area contributed by atoms with Gasteiger partial charge in [-0.2, -0.15) is 10.4 Å². The summed E-state index contributed by atoms with van der Waals surface area (Å²) in [6.45, 7) is 0.322. The number of ether oxygens (including phenoxy) is 1. The SMILES string of the molecule is N#Cc1ccccc1COc1ccc(C=NNc2nc(N)cs2)cc1Br. The van der Waals surface area contributed by atoms with Gasteiger partial charge in [0.25, 0.3) is 0 Å². The highest BCUT2D eigenvalue weighted by atomic mass is 79.9. The monoisotopic (exact) mass is 427 g/mol. The average Bonchev–Trinajstić information content (AvgIpc) is 3.06. The number of nitrogens with one attached hydrogen (secondary N) is 1. The largest absolute Gasteiger partial charge is 0.488 e. The van der Waals surface area contributed by atoms with Gasteiger partial charge in [0, 0.05) is 10.9 Å². The molecule has 1 heterocycles. The number of aromatic nitrogens is 1. The summed E-state index contributed by atoms with van der Waals surface area (Å²) in [6.07, 6.45) is 1.68. The van der Waals surface area contributed by atoms with Crippen molar-refractivity contribution >= 4 is 44.4 Å². The van der Waals surface area contributed by atoms with E-state index in [-0.39, 0.29) is 0 Å². The summed E-state index contributed by atoms with van der Waals surface area (Å²) in [5.74, 6) is 1.16. The zero-order valence-electron chi connectivity index (χ0n) is 13.5. The molecule has 8 heteroatoms. The van der Waals surface area contributed by atoms with Gasteiger partial charge in [-0.05, 0) is 45.8 Å². The van der Waals surface area contributed by atoms with Crippen LogP contribution in [0.5, 0.6) is 5.75 Å². The number of anilines is 2. The molecule has 130 valence electrons. The number of rotatable bonds is 6. The number of nitrogens with zero attached hydrogens (tertiary/aromatic N) is 3. The second kappa shape index (κ2) is 8.47. The van der Waals surface area contributed by atoms with Gasteiger partial charge < -0.3 is 10.5 Å². The third kappa shape index (κ3) is 4.59. The highest BCUT2D eigenvalue weighted by Crippen LogP contribution is 2.27. The molecule has 3 N–H and O–H groups in total. The first-order valence-electron chi connectivity index (χ1n) is 7.56. The minimum absolute atomic E-state index is 0.322. The quantitative estimate of drug-likeness (QED) is 0.449. The van der Waals surface area contributed by atoms with E-state index in [1.807, 2.05) is 36.4 Å². The Morgan fingerprint density at radius 3 is 2.92 bits per heavy atom. The minimum atomic E-state index is 0.322. The van der Waals surface area contributed by atoms with Crippen LogP contribution in [0, 0.1) is 11.3 Å². The van der Waals surface area contributed by atoms with Gasteiger partial charge in [-0.25, -0.2) is 4.98 Å². The first kappa shape index (κ1) is 17.9. The first-order chi connectivity index (χ1) is 12.7. The Balaban J connectivity index is 1.63. The summed E-state index contributed by atoms with van der Waals surface area (Å²) in [6, 6.07) is 15.2. The Morgan fingerprint density at radius 1 is 1.35 bits per heavy atom. The molecule has 1 aromatic heterocycles. The van der Waals surface area contributed by atoms with E-state index < -0.39 is 0 Å². The molecule has 0 saturated carbocycles. The van der Waals surface area contributed by atoms with E-state index in [2.05, 4.69) is 37.5 Å². The molecule has 3 rings (SSSR count). The zero-order chi connectivity index (χ0) is 18.4. The molecule has 0 aliphatic rings. The summed E-state index contributed by atoms with van der Waals surface area (Å²) in [4.78, 5) is 4.06. The standard InChI is InChI=1S/C18H14BrN5OS/c19-15-7-12(9-22-24-18-23-17(21)11-26-18)5-6-16(15)25-10-14-4-2-1-3-13(14)8-20/h1-7,9,11H,10,21H2,(H,23,24). The fourth-order valence-electron chi connectivity index (χ4n) is 2.12. The predicted molar refractivity (Wildman–Crippen MR) is 107 cm³/mol. The maximum absolute atomic E-state index is 9.13. The number of benzene rings is 2. The van der Waals surface area contributed by atoms with E-state index in [0.717, 1.165) is 15.6 Å². The third-order valence-corrected chi connectivity index (χ3v) is 4.76. The van der Waals surface area contributed by atoms with Gasteiger partial charge >= 0.3 is 0 Å². The summed E-state index contributed by atoms with van der Waals surface area (Å²) >= 11 is 4.88. The number of halogens is 1. The highest BCUT2D eigenvalue weighted by Gasteiger charge is 2.05. The van der Waals surface area contributed by atoms with Crippen LogP contribution >= 0.6 is 27.3 Å². The number of nitrogens with two attached hydrogens (primary N) is 1. The van der Waals surface area contributed by atoms with Crippen LogP contribution in [0.25, 0.3) is 0 Å². The fraction of sp³-hybridized carbons (Fsp3) is 0.0556. The Morgan fingerprint density at radius 2 is 2.19 bits per heavy atom. The van der Waals surface area contributed by atoms with Crippen LogP contribution in [0.4, 0.5) is 10.9 Å². The lowest BCUT2D eigenvalue weighted by atomic mass is 10.1. The lowest BCUT2D eigenvalue weighted by Gasteiger charge is -2.09. The molecule has 0 amide bonds. The fourth-order valence-corrected chi connectivity index (χ4v) is 3.18. The third-order valence-electron chi connectivity index (χ3n) is 3.37. The Bertz CT molecular complexity index is 980. The van der Waals surface area contributed by atoms with Gasteiger partial charge in [0.2, 0.25) is 5.13 Å². The molecule has 0 saturated heterocycles. The molecule has 0 unspecified atom stereocenters. The van der Waals surface area contributed by atoms with Crippen molar-refractivity contribution in [3.05, 3.63) is 69.0 Å². The lowest BCUT2D eigenvalue weighted by Crippen LogP contribution is -1.99. The van der Waals surface area contributed by atoms with Gasteiger partial charge in [0.15, 0.2) is 0 Å². The van der Waals surface area contributed by atoms with Crippen LogP contribution < -0.4 is 15.9 Å². The van der Waals surface area contributed by atoms with Crippen molar-refractivity contribution in [3.63, 3.8) is 0 Å². The molecule has 0 fully saturated rings. The van der Waals surface area contributed by atoms with Crippen LogP contribution in [0.15, 0.2) is 57.4 Å². The van der Waals surface area contributed by atoms with Crippen LogP contribution in [0.1, 0.15) is 16.7 Å². The maximum Gasteiger partial charge on any atom is 0.205 e. The van der Waals surface area contributed by atoms with Crippen molar-refractivity contribution in [3.8, 4) is 11.8 Å².